The fourth-order valence-electron chi connectivity index (χ4n) is 2.15. The van der Waals surface area contributed by atoms with Crippen molar-refractivity contribution in [1.29, 1.82) is 0 Å². The Labute approximate surface area is 142 Å². The van der Waals surface area contributed by atoms with Crippen molar-refractivity contribution in [3.05, 3.63) is 67.9 Å². The standard InChI is InChI=1S/C16H15BrCl2FN/c1-2-7-21-16(12-9-11(18)4-5-14(12)19)13-8-10(17)3-6-15(13)20/h3-6,8-9,16,21H,2,7H2,1H3. The number of hydrogen-bond donors (Lipinski definition) is 1. The molecule has 0 spiro atoms. The van der Waals surface area contributed by atoms with Gasteiger partial charge in [-0.15, -0.1) is 0 Å². The lowest BCUT2D eigenvalue weighted by Gasteiger charge is -2.22. The summed E-state index contributed by atoms with van der Waals surface area (Å²) in [6.07, 6.45) is 0.935. The molecular weight excluding hydrogens is 376 g/mol. The third kappa shape index (κ3) is 4.19. The van der Waals surface area contributed by atoms with Gasteiger partial charge in [-0.05, 0) is 54.9 Å². The van der Waals surface area contributed by atoms with Crippen LogP contribution in [0.4, 0.5) is 4.39 Å². The summed E-state index contributed by atoms with van der Waals surface area (Å²) in [6.45, 7) is 2.81. The Balaban J connectivity index is 2.52. The monoisotopic (exact) mass is 389 g/mol. The molecule has 0 aliphatic heterocycles. The first kappa shape index (κ1) is 16.8. The van der Waals surface area contributed by atoms with Crippen LogP contribution in [0.2, 0.25) is 10.0 Å². The van der Waals surface area contributed by atoms with Crippen molar-refractivity contribution in [1.82, 2.24) is 5.32 Å². The van der Waals surface area contributed by atoms with E-state index >= 15 is 0 Å². The van der Waals surface area contributed by atoms with E-state index in [-0.39, 0.29) is 11.9 Å². The number of nitrogens with one attached hydrogen (secondary N) is 1. The Hall–Kier alpha value is -0.610. The van der Waals surface area contributed by atoms with E-state index in [4.69, 9.17) is 23.2 Å². The van der Waals surface area contributed by atoms with Gasteiger partial charge in [0.05, 0.1) is 6.04 Å². The molecule has 1 atom stereocenters. The molecule has 0 radical (unpaired) electrons. The lowest BCUT2D eigenvalue weighted by atomic mass is 9.98. The van der Waals surface area contributed by atoms with Crippen LogP contribution in [-0.4, -0.2) is 6.54 Å². The average molecular weight is 391 g/mol. The Morgan fingerprint density at radius 1 is 1.14 bits per heavy atom. The number of halogens is 4. The van der Waals surface area contributed by atoms with Gasteiger partial charge in [-0.1, -0.05) is 46.1 Å². The summed E-state index contributed by atoms with van der Waals surface area (Å²) in [6, 6.07) is 9.77. The van der Waals surface area contributed by atoms with E-state index in [0.717, 1.165) is 23.0 Å². The summed E-state index contributed by atoms with van der Waals surface area (Å²) < 4.78 is 15.0. The van der Waals surface area contributed by atoms with Crippen molar-refractivity contribution in [2.45, 2.75) is 19.4 Å². The van der Waals surface area contributed by atoms with Crippen LogP contribution >= 0.6 is 39.1 Å². The molecule has 2 rings (SSSR count). The first-order chi connectivity index (χ1) is 10.0. The SMILES string of the molecule is CCCNC(c1cc(Br)ccc1F)c1cc(Cl)ccc1Cl. The van der Waals surface area contributed by atoms with Gasteiger partial charge in [0.15, 0.2) is 0 Å². The molecule has 0 fully saturated rings. The summed E-state index contributed by atoms with van der Waals surface area (Å²) in [7, 11) is 0. The first-order valence-corrected chi connectivity index (χ1v) is 8.21. The average Bonchev–Trinajstić information content (AvgIpc) is 2.46. The summed E-state index contributed by atoms with van der Waals surface area (Å²) in [4.78, 5) is 0. The lowest BCUT2D eigenvalue weighted by Crippen LogP contribution is -2.24. The van der Waals surface area contributed by atoms with E-state index in [1.807, 2.05) is 0 Å². The minimum absolute atomic E-state index is 0.275. The normalized spacial score (nSPS) is 12.4. The maximum absolute atomic E-state index is 14.2. The van der Waals surface area contributed by atoms with Crippen molar-refractivity contribution in [3.8, 4) is 0 Å². The van der Waals surface area contributed by atoms with E-state index in [2.05, 4.69) is 28.2 Å². The molecule has 1 nitrogen and oxygen atoms in total. The van der Waals surface area contributed by atoms with Gasteiger partial charge in [0.25, 0.3) is 0 Å². The van der Waals surface area contributed by atoms with Crippen molar-refractivity contribution < 1.29 is 4.39 Å². The Kier molecular flexibility index (Phi) is 6.06. The van der Waals surface area contributed by atoms with Crippen LogP contribution in [-0.2, 0) is 0 Å². The molecule has 0 aromatic heterocycles. The summed E-state index contributed by atoms with van der Waals surface area (Å²) in [5, 5.41) is 4.47. The molecule has 5 heteroatoms. The second-order valence-corrected chi connectivity index (χ2v) is 6.48. The van der Waals surface area contributed by atoms with E-state index in [1.54, 1.807) is 30.3 Å². The highest BCUT2D eigenvalue weighted by atomic mass is 79.9. The summed E-state index contributed by atoms with van der Waals surface area (Å²) in [5.41, 5.74) is 1.32. The zero-order valence-corrected chi connectivity index (χ0v) is 14.6. The Morgan fingerprint density at radius 2 is 1.90 bits per heavy atom. The van der Waals surface area contributed by atoms with Crippen molar-refractivity contribution in [2.24, 2.45) is 0 Å². The third-order valence-electron chi connectivity index (χ3n) is 3.14. The molecule has 0 aliphatic rings. The highest BCUT2D eigenvalue weighted by Crippen LogP contribution is 2.33. The van der Waals surface area contributed by atoms with E-state index in [9.17, 15) is 4.39 Å². The van der Waals surface area contributed by atoms with Crippen LogP contribution in [0.3, 0.4) is 0 Å². The molecule has 0 amide bonds. The third-order valence-corrected chi connectivity index (χ3v) is 4.21. The lowest BCUT2D eigenvalue weighted by molar-refractivity contribution is 0.546. The van der Waals surface area contributed by atoms with E-state index in [1.165, 1.54) is 6.07 Å². The minimum atomic E-state index is -0.339. The topological polar surface area (TPSA) is 12.0 Å². The van der Waals surface area contributed by atoms with E-state index in [0.29, 0.717) is 15.6 Å². The second kappa shape index (κ2) is 7.59. The first-order valence-electron chi connectivity index (χ1n) is 6.66. The van der Waals surface area contributed by atoms with Crippen molar-refractivity contribution in [2.75, 3.05) is 6.54 Å². The molecule has 0 bridgehead atoms. The molecule has 0 heterocycles. The zero-order chi connectivity index (χ0) is 15.4. The van der Waals surface area contributed by atoms with Crippen LogP contribution in [0.5, 0.6) is 0 Å². The molecule has 2 aromatic carbocycles. The molecule has 21 heavy (non-hydrogen) atoms. The fourth-order valence-corrected chi connectivity index (χ4v) is 2.93. The number of rotatable bonds is 5. The molecule has 1 unspecified atom stereocenters. The van der Waals surface area contributed by atoms with Gasteiger partial charge in [-0.25, -0.2) is 4.39 Å². The predicted molar refractivity (Wildman–Crippen MR) is 90.7 cm³/mol. The van der Waals surface area contributed by atoms with Gasteiger partial charge in [-0.3, -0.25) is 0 Å². The van der Waals surface area contributed by atoms with Crippen molar-refractivity contribution in [3.63, 3.8) is 0 Å². The highest BCUT2D eigenvalue weighted by molar-refractivity contribution is 9.10. The van der Waals surface area contributed by atoms with Gasteiger partial charge in [0, 0.05) is 20.1 Å². The Bertz CT molecular complexity index is 582. The second-order valence-electron chi connectivity index (χ2n) is 4.72. The smallest absolute Gasteiger partial charge is 0.128 e. The van der Waals surface area contributed by atoms with Gasteiger partial charge >= 0.3 is 0 Å². The van der Waals surface area contributed by atoms with Crippen LogP contribution in [0.15, 0.2) is 40.9 Å². The quantitative estimate of drug-likeness (QED) is 0.661. The van der Waals surface area contributed by atoms with Crippen molar-refractivity contribution >= 4 is 39.1 Å². The van der Waals surface area contributed by atoms with Gasteiger partial charge in [0.1, 0.15) is 5.82 Å². The molecular formula is C16H15BrCl2FN. The zero-order valence-electron chi connectivity index (χ0n) is 11.5. The molecule has 0 saturated heterocycles. The van der Waals surface area contributed by atoms with Crippen LogP contribution < -0.4 is 5.32 Å². The van der Waals surface area contributed by atoms with Crippen LogP contribution in [0.1, 0.15) is 30.5 Å². The fraction of sp³-hybridized carbons (Fsp3) is 0.250. The minimum Gasteiger partial charge on any atom is -0.306 e. The Morgan fingerprint density at radius 3 is 2.62 bits per heavy atom. The molecule has 0 aliphatic carbocycles. The predicted octanol–water partition coefficient (Wildman–Crippen LogP) is 5.98. The maximum atomic E-state index is 14.2. The molecule has 2 aromatic rings. The highest BCUT2D eigenvalue weighted by Gasteiger charge is 2.20. The molecule has 1 N–H and O–H groups in total. The maximum Gasteiger partial charge on any atom is 0.128 e. The van der Waals surface area contributed by atoms with Gasteiger partial charge in [0.2, 0.25) is 0 Å². The van der Waals surface area contributed by atoms with Crippen LogP contribution in [0.25, 0.3) is 0 Å². The summed E-state index contributed by atoms with van der Waals surface area (Å²) >= 11 is 15.7. The van der Waals surface area contributed by atoms with Crippen LogP contribution in [0, 0.1) is 5.82 Å². The van der Waals surface area contributed by atoms with Gasteiger partial charge < -0.3 is 5.32 Å². The molecule has 0 saturated carbocycles. The van der Waals surface area contributed by atoms with Gasteiger partial charge in [-0.2, -0.15) is 0 Å². The molecule has 112 valence electrons. The number of hydrogen-bond acceptors (Lipinski definition) is 1. The number of benzene rings is 2. The van der Waals surface area contributed by atoms with E-state index < -0.39 is 0 Å². The largest absolute Gasteiger partial charge is 0.306 e. The summed E-state index contributed by atoms with van der Waals surface area (Å²) in [5.74, 6) is -0.275.